The summed E-state index contributed by atoms with van der Waals surface area (Å²) in [5.41, 5.74) is 0.0423. The van der Waals surface area contributed by atoms with Crippen molar-refractivity contribution in [1.82, 2.24) is 9.88 Å². The Bertz CT molecular complexity index is 896. The molecule has 8 heteroatoms. The number of likely N-dealkylation sites (tertiary alicyclic amines) is 1. The van der Waals surface area contributed by atoms with Gasteiger partial charge in [0, 0.05) is 25.0 Å². The van der Waals surface area contributed by atoms with Crippen molar-refractivity contribution in [3.63, 3.8) is 0 Å². The number of carbonyl (C=O) groups excluding carboxylic acids is 2. The number of anilines is 1. The maximum Gasteiger partial charge on any atom is 0.256 e. The second-order valence-corrected chi connectivity index (χ2v) is 7.08. The van der Waals surface area contributed by atoms with Gasteiger partial charge in [-0.3, -0.25) is 14.6 Å². The molecule has 0 radical (unpaired) electrons. The van der Waals surface area contributed by atoms with Gasteiger partial charge in [-0.15, -0.1) is 0 Å². The molecule has 1 spiro atoms. The first kappa shape index (κ1) is 18.5. The van der Waals surface area contributed by atoms with Gasteiger partial charge in [0.05, 0.1) is 23.9 Å². The fourth-order valence-electron chi connectivity index (χ4n) is 3.71. The third kappa shape index (κ3) is 3.47. The molecule has 2 saturated heterocycles. The van der Waals surface area contributed by atoms with Crippen LogP contribution < -0.4 is 4.90 Å². The van der Waals surface area contributed by atoms with Gasteiger partial charge in [0.2, 0.25) is 0 Å². The Balaban J connectivity index is 1.46. The topological polar surface area (TPSA) is 62.7 Å². The fourth-order valence-corrected chi connectivity index (χ4v) is 3.71. The van der Waals surface area contributed by atoms with Crippen LogP contribution in [0.4, 0.5) is 14.5 Å². The molecule has 1 aromatic heterocycles. The average Bonchev–Trinajstić information content (AvgIpc) is 2.71. The quantitative estimate of drug-likeness (QED) is 0.794. The van der Waals surface area contributed by atoms with Gasteiger partial charge in [0.1, 0.15) is 12.4 Å². The summed E-state index contributed by atoms with van der Waals surface area (Å²) in [6.45, 7) is 1.06. The Morgan fingerprint density at radius 2 is 1.82 bits per heavy atom. The lowest BCUT2D eigenvalue weighted by molar-refractivity contribution is -0.143. The van der Waals surface area contributed by atoms with E-state index in [9.17, 15) is 18.4 Å². The van der Waals surface area contributed by atoms with E-state index < -0.39 is 11.4 Å². The van der Waals surface area contributed by atoms with Gasteiger partial charge in [0.15, 0.2) is 5.82 Å². The SMILES string of the molecule is O=C(c1ccncc1F)N1CCC2(CC1)CN(c1ccc(F)cc1)C(=O)CO2. The van der Waals surface area contributed by atoms with Crippen molar-refractivity contribution >= 4 is 17.5 Å². The van der Waals surface area contributed by atoms with E-state index in [1.54, 1.807) is 21.9 Å². The Morgan fingerprint density at radius 3 is 2.50 bits per heavy atom. The molecule has 6 nitrogen and oxygen atoms in total. The smallest absolute Gasteiger partial charge is 0.256 e. The van der Waals surface area contributed by atoms with Crippen molar-refractivity contribution < 1.29 is 23.1 Å². The summed E-state index contributed by atoms with van der Waals surface area (Å²) < 4.78 is 32.9. The summed E-state index contributed by atoms with van der Waals surface area (Å²) in [5.74, 6) is -1.57. The lowest BCUT2D eigenvalue weighted by Crippen LogP contribution is -2.59. The van der Waals surface area contributed by atoms with Crippen LogP contribution in [0.25, 0.3) is 0 Å². The molecule has 2 amide bonds. The summed E-state index contributed by atoms with van der Waals surface area (Å²) in [6, 6.07) is 7.13. The van der Waals surface area contributed by atoms with E-state index in [2.05, 4.69) is 4.98 Å². The van der Waals surface area contributed by atoms with Gasteiger partial charge in [0.25, 0.3) is 11.8 Å². The number of hydrogen-bond acceptors (Lipinski definition) is 4. The van der Waals surface area contributed by atoms with Crippen LogP contribution in [-0.4, -0.2) is 53.5 Å². The van der Waals surface area contributed by atoms with E-state index >= 15 is 0 Å². The molecule has 2 fully saturated rings. The number of morpholine rings is 1. The summed E-state index contributed by atoms with van der Waals surface area (Å²) in [7, 11) is 0. The molecule has 0 N–H and O–H groups in total. The average molecular weight is 387 g/mol. The zero-order valence-corrected chi connectivity index (χ0v) is 15.1. The highest BCUT2D eigenvalue weighted by atomic mass is 19.1. The number of hydrogen-bond donors (Lipinski definition) is 0. The van der Waals surface area contributed by atoms with E-state index in [4.69, 9.17) is 4.74 Å². The van der Waals surface area contributed by atoms with Crippen LogP contribution in [0.15, 0.2) is 42.7 Å². The second kappa shape index (κ2) is 7.27. The molecule has 146 valence electrons. The Hall–Kier alpha value is -2.87. The first-order valence-electron chi connectivity index (χ1n) is 9.06. The monoisotopic (exact) mass is 387 g/mol. The minimum absolute atomic E-state index is 0.00127. The summed E-state index contributed by atoms with van der Waals surface area (Å²) in [6.07, 6.45) is 3.46. The first-order chi connectivity index (χ1) is 13.5. The van der Waals surface area contributed by atoms with Gasteiger partial charge in [-0.05, 0) is 43.2 Å². The normalized spacial score (nSPS) is 19.1. The lowest BCUT2D eigenvalue weighted by atomic mass is 9.88. The molecule has 2 aliphatic rings. The number of halogens is 2. The zero-order chi connectivity index (χ0) is 19.7. The van der Waals surface area contributed by atoms with Gasteiger partial charge in [-0.1, -0.05) is 0 Å². The van der Waals surface area contributed by atoms with Crippen LogP contribution in [0.5, 0.6) is 0 Å². The van der Waals surface area contributed by atoms with Gasteiger partial charge in [-0.2, -0.15) is 0 Å². The van der Waals surface area contributed by atoms with E-state index in [-0.39, 0.29) is 29.8 Å². The highest BCUT2D eigenvalue weighted by Gasteiger charge is 2.43. The molecule has 0 atom stereocenters. The maximum atomic E-state index is 13.8. The third-order valence-electron chi connectivity index (χ3n) is 5.35. The highest BCUT2D eigenvalue weighted by Crippen LogP contribution is 2.33. The van der Waals surface area contributed by atoms with E-state index in [0.29, 0.717) is 38.2 Å². The molecular weight excluding hydrogens is 368 g/mol. The number of ether oxygens (including phenoxy) is 1. The van der Waals surface area contributed by atoms with Crippen molar-refractivity contribution in [3.05, 3.63) is 59.9 Å². The zero-order valence-electron chi connectivity index (χ0n) is 15.1. The van der Waals surface area contributed by atoms with Crippen LogP contribution in [0.1, 0.15) is 23.2 Å². The molecule has 2 aliphatic heterocycles. The largest absolute Gasteiger partial charge is 0.363 e. The van der Waals surface area contributed by atoms with Gasteiger partial charge in [-0.25, -0.2) is 8.78 Å². The molecule has 0 unspecified atom stereocenters. The predicted molar refractivity (Wildman–Crippen MR) is 96.8 cm³/mol. The number of carbonyl (C=O) groups is 2. The van der Waals surface area contributed by atoms with Crippen LogP contribution in [0.2, 0.25) is 0 Å². The van der Waals surface area contributed by atoms with Crippen molar-refractivity contribution in [2.24, 2.45) is 0 Å². The number of pyridine rings is 1. The number of piperidine rings is 1. The Morgan fingerprint density at radius 1 is 1.11 bits per heavy atom. The molecule has 0 bridgehead atoms. The van der Waals surface area contributed by atoms with E-state index in [1.807, 2.05) is 0 Å². The molecule has 3 heterocycles. The van der Waals surface area contributed by atoms with Crippen molar-refractivity contribution in [2.75, 3.05) is 31.1 Å². The number of benzene rings is 1. The Labute approximate surface area is 160 Å². The van der Waals surface area contributed by atoms with E-state index in [0.717, 1.165) is 6.20 Å². The predicted octanol–water partition coefficient (Wildman–Crippen LogP) is 2.40. The van der Waals surface area contributed by atoms with Crippen molar-refractivity contribution in [2.45, 2.75) is 18.4 Å². The highest BCUT2D eigenvalue weighted by molar-refractivity contribution is 5.95. The van der Waals surface area contributed by atoms with Crippen molar-refractivity contribution in [3.8, 4) is 0 Å². The maximum absolute atomic E-state index is 13.8. The van der Waals surface area contributed by atoms with Crippen LogP contribution in [0.3, 0.4) is 0 Å². The summed E-state index contributed by atoms with van der Waals surface area (Å²) in [5, 5.41) is 0. The number of nitrogens with zero attached hydrogens (tertiary/aromatic N) is 3. The number of rotatable bonds is 2. The molecule has 2 aromatic rings. The molecule has 28 heavy (non-hydrogen) atoms. The third-order valence-corrected chi connectivity index (χ3v) is 5.35. The van der Waals surface area contributed by atoms with E-state index in [1.165, 1.54) is 24.4 Å². The molecule has 1 aromatic carbocycles. The second-order valence-electron chi connectivity index (χ2n) is 7.08. The lowest BCUT2D eigenvalue weighted by Gasteiger charge is -2.47. The standard InChI is InChI=1S/C20H19F2N3O3/c21-14-1-3-15(4-2-14)25-13-20(28-12-18(25)26)6-9-24(10-7-20)19(27)16-5-8-23-11-17(16)22/h1-5,8,11H,6-7,9-10,12-13H2. The van der Waals surface area contributed by atoms with Crippen LogP contribution in [-0.2, 0) is 9.53 Å². The van der Waals surface area contributed by atoms with Gasteiger partial charge >= 0.3 is 0 Å². The molecular formula is C20H19F2N3O3. The van der Waals surface area contributed by atoms with Crippen LogP contribution >= 0.6 is 0 Å². The molecule has 0 saturated carbocycles. The van der Waals surface area contributed by atoms with Crippen molar-refractivity contribution in [1.29, 1.82) is 0 Å². The summed E-state index contributed by atoms with van der Waals surface area (Å²) >= 11 is 0. The number of aromatic nitrogens is 1. The molecule has 4 rings (SSSR count). The van der Waals surface area contributed by atoms with Crippen LogP contribution in [0, 0.1) is 11.6 Å². The minimum Gasteiger partial charge on any atom is -0.363 e. The van der Waals surface area contributed by atoms with Gasteiger partial charge < -0.3 is 14.5 Å². The minimum atomic E-state index is -0.644. The molecule has 0 aliphatic carbocycles. The summed E-state index contributed by atoms with van der Waals surface area (Å²) in [4.78, 5) is 31.7. The number of amides is 2. The fraction of sp³-hybridized carbons (Fsp3) is 0.350. The Kier molecular flexibility index (Phi) is 4.80. The first-order valence-corrected chi connectivity index (χ1v) is 9.06.